The van der Waals surface area contributed by atoms with Gasteiger partial charge in [-0.15, -0.1) is 0 Å². The number of hydrogen-bond acceptors (Lipinski definition) is 7. The van der Waals surface area contributed by atoms with Gasteiger partial charge < -0.3 is 24.6 Å². The third-order valence-corrected chi connectivity index (χ3v) is 5.09. The summed E-state index contributed by atoms with van der Waals surface area (Å²) in [5.74, 6) is 1.17. The molecule has 1 aromatic heterocycles. The molecule has 3 rings (SSSR count). The Hall–Kier alpha value is -2.58. The fourth-order valence-electron chi connectivity index (χ4n) is 3.09. The number of nitrogens with zero attached hydrogens (tertiary/aromatic N) is 4. The molecule has 29 heavy (non-hydrogen) atoms. The van der Waals surface area contributed by atoms with Crippen molar-refractivity contribution in [2.24, 2.45) is 0 Å². The minimum Gasteiger partial charge on any atom is -0.493 e. The highest BCUT2D eigenvalue weighted by Crippen LogP contribution is 2.27. The minimum absolute atomic E-state index is 0.129. The Morgan fingerprint density at radius 2 is 2.14 bits per heavy atom. The predicted molar refractivity (Wildman–Crippen MR) is 112 cm³/mol. The van der Waals surface area contributed by atoms with Crippen LogP contribution in [0.2, 0.25) is 5.02 Å². The molecular weight excluding hydrogens is 394 g/mol. The average Bonchev–Trinajstić information content (AvgIpc) is 2.84. The quantitative estimate of drug-likeness (QED) is 0.657. The molecule has 1 aliphatic rings. The molecular formula is C20H26ClN5O3. The summed E-state index contributed by atoms with van der Waals surface area (Å²) in [7, 11) is 5.31. The van der Waals surface area contributed by atoms with Gasteiger partial charge in [0, 0.05) is 37.9 Å². The number of likely N-dealkylation sites (N-methyl/N-ethyl adjacent to an activating group) is 1. The molecule has 0 spiro atoms. The molecule has 0 fully saturated rings. The first-order valence-corrected chi connectivity index (χ1v) is 9.88. The second kappa shape index (κ2) is 9.76. The number of halogens is 1. The Morgan fingerprint density at radius 3 is 2.86 bits per heavy atom. The molecule has 0 bridgehead atoms. The van der Waals surface area contributed by atoms with Crippen LogP contribution in [0, 0.1) is 0 Å². The lowest BCUT2D eigenvalue weighted by Gasteiger charge is -2.22. The Bertz CT molecular complexity index is 864. The molecule has 1 aliphatic heterocycles. The van der Waals surface area contributed by atoms with Crippen molar-refractivity contribution < 1.29 is 14.3 Å². The van der Waals surface area contributed by atoms with Gasteiger partial charge in [-0.1, -0.05) is 17.7 Å². The predicted octanol–water partition coefficient (Wildman–Crippen LogP) is 2.22. The van der Waals surface area contributed by atoms with E-state index in [0.29, 0.717) is 42.6 Å². The van der Waals surface area contributed by atoms with E-state index >= 15 is 0 Å². The molecule has 156 valence electrons. The molecule has 8 nitrogen and oxygen atoms in total. The smallest absolute Gasteiger partial charge is 0.318 e. The standard InChI is InChI=1S/C20H26ClN5O3/c1-22-7-4-10-29-15-6-5-14(17(21)11-15)13-26-9-8-25(2)18-16(19(26)27)12-23-20(24-18)28-3/h5-6,11-12,22H,4,7-10,13H2,1-3H3. The Labute approximate surface area is 175 Å². The summed E-state index contributed by atoms with van der Waals surface area (Å²) < 4.78 is 10.8. The van der Waals surface area contributed by atoms with Crippen molar-refractivity contribution in [1.29, 1.82) is 0 Å². The van der Waals surface area contributed by atoms with Gasteiger partial charge in [0.25, 0.3) is 5.91 Å². The highest BCUT2D eigenvalue weighted by atomic mass is 35.5. The van der Waals surface area contributed by atoms with Crippen molar-refractivity contribution in [2.75, 3.05) is 52.3 Å². The van der Waals surface area contributed by atoms with Gasteiger partial charge in [-0.2, -0.15) is 4.98 Å². The number of carbonyl (C=O) groups excluding carboxylic acids is 1. The van der Waals surface area contributed by atoms with Crippen LogP contribution in [0.1, 0.15) is 22.3 Å². The van der Waals surface area contributed by atoms with Crippen LogP contribution in [-0.2, 0) is 6.54 Å². The molecule has 9 heteroatoms. The van der Waals surface area contributed by atoms with E-state index in [9.17, 15) is 4.79 Å². The number of hydrogen-bond donors (Lipinski definition) is 1. The summed E-state index contributed by atoms with van der Waals surface area (Å²) in [4.78, 5) is 25.2. The number of amides is 1. The Morgan fingerprint density at radius 1 is 1.31 bits per heavy atom. The molecule has 0 atom stereocenters. The second-order valence-electron chi connectivity index (χ2n) is 6.80. The highest BCUT2D eigenvalue weighted by molar-refractivity contribution is 6.31. The number of fused-ring (bicyclic) bond motifs is 1. The first-order valence-electron chi connectivity index (χ1n) is 9.50. The van der Waals surface area contributed by atoms with Gasteiger partial charge in [-0.05, 0) is 37.7 Å². The SMILES string of the molecule is CNCCCOc1ccc(CN2CCN(C)c3nc(OC)ncc3C2=O)c(Cl)c1. The normalized spacial score (nSPS) is 13.9. The van der Waals surface area contributed by atoms with E-state index in [2.05, 4.69) is 15.3 Å². The summed E-state index contributed by atoms with van der Waals surface area (Å²) >= 11 is 6.46. The monoisotopic (exact) mass is 419 g/mol. The molecule has 0 aliphatic carbocycles. The molecule has 0 radical (unpaired) electrons. The van der Waals surface area contributed by atoms with Gasteiger partial charge in [0.05, 0.1) is 13.7 Å². The number of methoxy groups -OCH3 is 1. The Balaban J connectivity index is 1.73. The summed E-state index contributed by atoms with van der Waals surface area (Å²) in [6.45, 7) is 3.11. The molecule has 2 heterocycles. The van der Waals surface area contributed by atoms with Crippen molar-refractivity contribution in [2.45, 2.75) is 13.0 Å². The summed E-state index contributed by atoms with van der Waals surface area (Å²) in [6, 6.07) is 5.83. The summed E-state index contributed by atoms with van der Waals surface area (Å²) in [6.07, 6.45) is 2.43. The minimum atomic E-state index is -0.129. The van der Waals surface area contributed by atoms with Crippen molar-refractivity contribution >= 4 is 23.3 Å². The number of benzene rings is 1. The summed E-state index contributed by atoms with van der Waals surface area (Å²) in [5, 5.41) is 3.66. The molecule has 0 unspecified atom stereocenters. The third-order valence-electron chi connectivity index (χ3n) is 4.74. The lowest BCUT2D eigenvalue weighted by atomic mass is 10.2. The van der Waals surface area contributed by atoms with Crippen LogP contribution in [0.25, 0.3) is 0 Å². The molecule has 1 N–H and O–H groups in total. The zero-order valence-corrected chi connectivity index (χ0v) is 17.7. The van der Waals surface area contributed by atoms with Gasteiger partial charge in [0.2, 0.25) is 0 Å². The van der Waals surface area contributed by atoms with E-state index < -0.39 is 0 Å². The topological polar surface area (TPSA) is 79.8 Å². The Kier molecular flexibility index (Phi) is 7.11. The number of carbonyl (C=O) groups is 1. The number of rotatable bonds is 8. The van der Waals surface area contributed by atoms with Crippen LogP contribution >= 0.6 is 11.6 Å². The number of ether oxygens (including phenoxy) is 2. The van der Waals surface area contributed by atoms with E-state index in [1.807, 2.05) is 31.1 Å². The average molecular weight is 420 g/mol. The second-order valence-corrected chi connectivity index (χ2v) is 7.21. The van der Waals surface area contributed by atoms with Gasteiger partial charge in [-0.3, -0.25) is 4.79 Å². The third kappa shape index (κ3) is 5.07. The number of nitrogens with one attached hydrogen (secondary N) is 1. The fourth-order valence-corrected chi connectivity index (χ4v) is 3.32. The molecule has 2 aromatic rings. The fraction of sp³-hybridized carbons (Fsp3) is 0.450. The van der Waals surface area contributed by atoms with Crippen LogP contribution in [0.4, 0.5) is 5.82 Å². The maximum atomic E-state index is 13.1. The van der Waals surface area contributed by atoms with Gasteiger partial charge in [0.15, 0.2) is 0 Å². The maximum Gasteiger partial charge on any atom is 0.318 e. The van der Waals surface area contributed by atoms with Crippen LogP contribution < -0.4 is 19.7 Å². The number of anilines is 1. The van der Waals surface area contributed by atoms with Crippen molar-refractivity contribution in [3.8, 4) is 11.8 Å². The van der Waals surface area contributed by atoms with E-state index in [4.69, 9.17) is 21.1 Å². The van der Waals surface area contributed by atoms with Gasteiger partial charge in [0.1, 0.15) is 17.1 Å². The van der Waals surface area contributed by atoms with E-state index in [0.717, 1.165) is 24.3 Å². The van der Waals surface area contributed by atoms with Crippen LogP contribution in [0.3, 0.4) is 0 Å². The van der Waals surface area contributed by atoms with Crippen molar-refractivity contribution in [3.05, 3.63) is 40.5 Å². The van der Waals surface area contributed by atoms with E-state index in [1.54, 1.807) is 11.0 Å². The zero-order chi connectivity index (χ0) is 20.8. The van der Waals surface area contributed by atoms with E-state index in [1.165, 1.54) is 13.3 Å². The molecule has 0 saturated carbocycles. The maximum absolute atomic E-state index is 13.1. The van der Waals surface area contributed by atoms with Crippen LogP contribution in [0.5, 0.6) is 11.8 Å². The largest absolute Gasteiger partial charge is 0.493 e. The van der Waals surface area contributed by atoms with E-state index in [-0.39, 0.29) is 11.9 Å². The molecule has 1 aromatic carbocycles. The lowest BCUT2D eigenvalue weighted by molar-refractivity contribution is 0.0754. The van der Waals surface area contributed by atoms with Crippen molar-refractivity contribution in [3.63, 3.8) is 0 Å². The van der Waals surface area contributed by atoms with Gasteiger partial charge in [-0.25, -0.2) is 4.98 Å². The van der Waals surface area contributed by atoms with Gasteiger partial charge >= 0.3 is 6.01 Å². The summed E-state index contributed by atoms with van der Waals surface area (Å²) in [5.41, 5.74) is 1.31. The first-order chi connectivity index (χ1) is 14.0. The highest BCUT2D eigenvalue weighted by Gasteiger charge is 2.27. The van der Waals surface area contributed by atoms with Crippen LogP contribution in [0.15, 0.2) is 24.4 Å². The lowest BCUT2D eigenvalue weighted by Crippen LogP contribution is -2.33. The van der Waals surface area contributed by atoms with Crippen molar-refractivity contribution in [1.82, 2.24) is 20.2 Å². The first kappa shape index (κ1) is 21.1. The number of aromatic nitrogens is 2. The zero-order valence-electron chi connectivity index (χ0n) is 16.9. The molecule has 1 amide bonds. The van der Waals surface area contributed by atoms with Crippen LogP contribution in [-0.4, -0.2) is 68.2 Å². The molecule has 0 saturated heterocycles.